The highest BCUT2D eigenvalue weighted by molar-refractivity contribution is 6.31. The maximum Gasteiger partial charge on any atom is 0.268 e. The zero-order valence-electron chi connectivity index (χ0n) is 16.1. The minimum absolute atomic E-state index is 0.0358. The number of benzene rings is 1. The topological polar surface area (TPSA) is 65.2 Å². The number of ketones is 1. The number of H-pyrrole nitrogens is 1. The Bertz CT molecular complexity index is 853. The predicted octanol–water partition coefficient (Wildman–Crippen LogP) is 4.05. The van der Waals surface area contributed by atoms with E-state index in [9.17, 15) is 9.59 Å². The zero-order chi connectivity index (χ0) is 19.6. The second-order valence-corrected chi connectivity index (χ2v) is 7.58. The summed E-state index contributed by atoms with van der Waals surface area (Å²) >= 11 is 6.43. The first-order valence-corrected chi connectivity index (χ1v) is 9.74. The lowest BCUT2D eigenvalue weighted by atomic mass is 10.0. The van der Waals surface area contributed by atoms with E-state index in [4.69, 9.17) is 11.6 Å². The largest absolute Gasteiger partial charge is 0.354 e. The molecule has 1 amide bonds. The summed E-state index contributed by atoms with van der Waals surface area (Å²) in [5, 5.41) is 3.76. The van der Waals surface area contributed by atoms with Crippen LogP contribution >= 0.6 is 11.6 Å². The lowest BCUT2D eigenvalue weighted by molar-refractivity contribution is 0.0932. The second-order valence-electron chi connectivity index (χ2n) is 7.17. The van der Waals surface area contributed by atoms with E-state index in [1.54, 1.807) is 6.92 Å². The molecule has 0 saturated carbocycles. The van der Waals surface area contributed by atoms with Crippen molar-refractivity contribution in [3.05, 3.63) is 57.4 Å². The Hall–Kier alpha value is -2.11. The zero-order valence-corrected chi connectivity index (χ0v) is 16.8. The van der Waals surface area contributed by atoms with Crippen molar-refractivity contribution in [3.8, 4) is 0 Å². The molecule has 1 saturated heterocycles. The van der Waals surface area contributed by atoms with Crippen LogP contribution in [0.3, 0.4) is 0 Å². The molecule has 1 atom stereocenters. The number of nitrogens with one attached hydrogen (secondary N) is 2. The molecule has 0 spiro atoms. The molecule has 6 heteroatoms. The molecule has 2 heterocycles. The van der Waals surface area contributed by atoms with Crippen LogP contribution in [0.2, 0.25) is 5.02 Å². The lowest BCUT2D eigenvalue weighted by Crippen LogP contribution is -2.37. The third kappa shape index (κ3) is 4.09. The summed E-state index contributed by atoms with van der Waals surface area (Å²) < 4.78 is 0. The van der Waals surface area contributed by atoms with E-state index in [-0.39, 0.29) is 17.7 Å². The van der Waals surface area contributed by atoms with Crippen LogP contribution < -0.4 is 5.32 Å². The summed E-state index contributed by atoms with van der Waals surface area (Å²) in [7, 11) is 0. The number of likely N-dealkylation sites (tertiary alicyclic amines) is 1. The highest BCUT2D eigenvalue weighted by Gasteiger charge is 2.26. The van der Waals surface area contributed by atoms with Crippen molar-refractivity contribution in [1.82, 2.24) is 15.2 Å². The molecular weight excluding hydrogens is 362 g/mol. The van der Waals surface area contributed by atoms with Gasteiger partial charge in [-0.2, -0.15) is 0 Å². The molecule has 1 aromatic carbocycles. The van der Waals surface area contributed by atoms with Crippen LogP contribution in [0, 0.1) is 13.8 Å². The third-order valence-corrected chi connectivity index (χ3v) is 5.66. The summed E-state index contributed by atoms with van der Waals surface area (Å²) in [6.07, 6.45) is 2.32. The number of carbonyl (C=O) groups is 2. The van der Waals surface area contributed by atoms with Gasteiger partial charge >= 0.3 is 0 Å². The molecule has 1 aromatic heterocycles. The number of nitrogens with zero attached hydrogens (tertiary/aromatic N) is 1. The molecule has 2 aromatic rings. The predicted molar refractivity (Wildman–Crippen MR) is 108 cm³/mol. The van der Waals surface area contributed by atoms with Crippen LogP contribution in [0.1, 0.15) is 63.5 Å². The van der Waals surface area contributed by atoms with Gasteiger partial charge < -0.3 is 10.3 Å². The van der Waals surface area contributed by atoms with Gasteiger partial charge in [0.2, 0.25) is 0 Å². The molecule has 3 rings (SSSR count). The Kier molecular flexibility index (Phi) is 6.02. The monoisotopic (exact) mass is 387 g/mol. The van der Waals surface area contributed by atoms with Gasteiger partial charge in [0.25, 0.3) is 5.91 Å². The number of aryl methyl sites for hydroxylation is 1. The van der Waals surface area contributed by atoms with Crippen molar-refractivity contribution >= 4 is 23.3 Å². The molecule has 0 aliphatic carbocycles. The smallest absolute Gasteiger partial charge is 0.268 e. The highest BCUT2D eigenvalue weighted by atomic mass is 35.5. The third-order valence-electron chi connectivity index (χ3n) is 5.32. The minimum atomic E-state index is -0.195. The van der Waals surface area contributed by atoms with Crippen LogP contribution in [-0.2, 0) is 0 Å². The summed E-state index contributed by atoms with van der Waals surface area (Å²) in [5.74, 6) is -0.231. The van der Waals surface area contributed by atoms with E-state index in [0.29, 0.717) is 23.4 Å². The number of aromatic nitrogens is 1. The van der Waals surface area contributed by atoms with Crippen LogP contribution in [-0.4, -0.2) is 41.2 Å². The number of hydrogen-bond donors (Lipinski definition) is 2. The molecule has 0 radical (unpaired) electrons. The molecular formula is C21H26ClN3O2. The molecule has 5 nitrogen and oxygen atoms in total. The Labute approximate surface area is 165 Å². The van der Waals surface area contributed by atoms with Gasteiger partial charge in [0.05, 0.1) is 6.04 Å². The van der Waals surface area contributed by atoms with Gasteiger partial charge in [0, 0.05) is 22.8 Å². The standard InChI is InChI=1S/C21H26ClN3O2/c1-13-19(15(3)26)14(2)24-20(13)21(27)23-12-18(25-10-6-7-11-25)16-8-4-5-9-17(16)22/h4-5,8-9,18,24H,6-7,10-12H2,1-3H3,(H,23,27). The summed E-state index contributed by atoms with van der Waals surface area (Å²) in [6.45, 7) is 7.61. The summed E-state index contributed by atoms with van der Waals surface area (Å²) in [4.78, 5) is 30.0. The number of aromatic amines is 1. The van der Waals surface area contributed by atoms with Gasteiger partial charge in [-0.1, -0.05) is 29.8 Å². The van der Waals surface area contributed by atoms with Crippen molar-refractivity contribution in [2.24, 2.45) is 0 Å². The summed E-state index contributed by atoms with van der Waals surface area (Å²) in [6, 6.07) is 7.84. The number of rotatable bonds is 6. The minimum Gasteiger partial charge on any atom is -0.354 e. The van der Waals surface area contributed by atoms with E-state index < -0.39 is 0 Å². The normalized spacial score (nSPS) is 15.7. The van der Waals surface area contributed by atoms with Gasteiger partial charge in [0.15, 0.2) is 5.78 Å². The Balaban J connectivity index is 1.80. The van der Waals surface area contributed by atoms with E-state index >= 15 is 0 Å². The molecule has 2 N–H and O–H groups in total. The first kappa shape index (κ1) is 19.6. The van der Waals surface area contributed by atoms with Crippen molar-refractivity contribution < 1.29 is 9.59 Å². The summed E-state index contributed by atoms with van der Waals surface area (Å²) in [5.41, 5.74) is 3.52. The molecule has 1 unspecified atom stereocenters. The molecule has 1 aliphatic heterocycles. The molecule has 1 fully saturated rings. The average Bonchev–Trinajstić information content (AvgIpc) is 3.24. The van der Waals surface area contributed by atoms with Gasteiger partial charge in [-0.05, 0) is 63.9 Å². The van der Waals surface area contributed by atoms with Gasteiger partial charge in [-0.15, -0.1) is 0 Å². The second kappa shape index (κ2) is 8.28. The van der Waals surface area contributed by atoms with E-state index in [0.717, 1.165) is 42.2 Å². The first-order chi connectivity index (χ1) is 12.9. The number of carbonyl (C=O) groups excluding carboxylic acids is 2. The number of hydrogen-bond acceptors (Lipinski definition) is 3. The first-order valence-electron chi connectivity index (χ1n) is 9.37. The van der Waals surface area contributed by atoms with Gasteiger partial charge in [0.1, 0.15) is 5.69 Å². The average molecular weight is 388 g/mol. The van der Waals surface area contributed by atoms with Gasteiger partial charge in [-0.3, -0.25) is 14.5 Å². The van der Waals surface area contributed by atoms with Crippen molar-refractivity contribution in [2.45, 2.75) is 39.7 Å². The van der Waals surface area contributed by atoms with Crippen molar-refractivity contribution in [3.63, 3.8) is 0 Å². The fourth-order valence-electron chi connectivity index (χ4n) is 4.02. The number of Topliss-reactive ketones (excluding diaryl/α,β-unsaturated/α-hetero) is 1. The van der Waals surface area contributed by atoms with E-state index in [1.807, 2.05) is 31.2 Å². The van der Waals surface area contributed by atoms with Gasteiger partial charge in [-0.25, -0.2) is 0 Å². The number of halogens is 1. The van der Waals surface area contributed by atoms with Crippen LogP contribution in [0.4, 0.5) is 0 Å². The van der Waals surface area contributed by atoms with E-state index in [2.05, 4.69) is 15.2 Å². The maximum absolute atomic E-state index is 12.8. The fourth-order valence-corrected chi connectivity index (χ4v) is 4.28. The molecule has 144 valence electrons. The van der Waals surface area contributed by atoms with Crippen molar-refractivity contribution in [2.75, 3.05) is 19.6 Å². The molecule has 1 aliphatic rings. The maximum atomic E-state index is 12.8. The van der Waals surface area contributed by atoms with Crippen molar-refractivity contribution in [1.29, 1.82) is 0 Å². The lowest BCUT2D eigenvalue weighted by Gasteiger charge is -2.29. The quantitative estimate of drug-likeness (QED) is 0.735. The van der Waals surface area contributed by atoms with E-state index in [1.165, 1.54) is 6.92 Å². The number of amides is 1. The highest BCUT2D eigenvalue weighted by Crippen LogP contribution is 2.30. The molecule has 27 heavy (non-hydrogen) atoms. The van der Waals surface area contributed by atoms with Crippen LogP contribution in [0.5, 0.6) is 0 Å². The fraction of sp³-hybridized carbons (Fsp3) is 0.429. The van der Waals surface area contributed by atoms with Crippen LogP contribution in [0.15, 0.2) is 24.3 Å². The Morgan fingerprint density at radius 3 is 2.48 bits per heavy atom. The molecule has 0 bridgehead atoms. The Morgan fingerprint density at radius 2 is 1.89 bits per heavy atom. The van der Waals surface area contributed by atoms with Crippen LogP contribution in [0.25, 0.3) is 0 Å². The Morgan fingerprint density at radius 1 is 1.22 bits per heavy atom. The SMILES string of the molecule is CC(=O)c1c(C)[nH]c(C(=O)NCC(c2ccccc2Cl)N2CCCC2)c1C.